The summed E-state index contributed by atoms with van der Waals surface area (Å²) in [6.45, 7) is 1.72. The van der Waals surface area contributed by atoms with Crippen LogP contribution in [0.2, 0.25) is 0 Å². The van der Waals surface area contributed by atoms with Crippen LogP contribution in [0.4, 0.5) is 0 Å². The lowest BCUT2D eigenvalue weighted by atomic mass is 9.86. The molecule has 1 aromatic carbocycles. The zero-order valence-electron chi connectivity index (χ0n) is 14.8. The van der Waals surface area contributed by atoms with Gasteiger partial charge in [0.1, 0.15) is 0 Å². The van der Waals surface area contributed by atoms with E-state index in [-0.39, 0.29) is 11.8 Å². The summed E-state index contributed by atoms with van der Waals surface area (Å²) in [5.74, 6) is 1.25. The molecule has 1 N–H and O–H groups in total. The normalized spacial score (nSPS) is 21.5. The first-order valence-corrected chi connectivity index (χ1v) is 9.84. The van der Waals surface area contributed by atoms with E-state index in [0.717, 1.165) is 41.9 Å². The molecule has 2 atom stereocenters. The van der Waals surface area contributed by atoms with E-state index in [1.54, 1.807) is 7.05 Å². The van der Waals surface area contributed by atoms with Crippen molar-refractivity contribution in [3.05, 3.63) is 59.0 Å². The minimum absolute atomic E-state index is 0.0817. The number of allylic oxidation sites excluding steroid dienone is 2. The van der Waals surface area contributed by atoms with E-state index in [1.165, 1.54) is 11.3 Å². The Morgan fingerprint density at radius 3 is 2.50 bits per heavy atom. The summed E-state index contributed by atoms with van der Waals surface area (Å²) >= 11 is 1.44. The van der Waals surface area contributed by atoms with Crippen molar-refractivity contribution in [3.8, 4) is 10.4 Å². The quantitative estimate of drug-likeness (QED) is 0.840. The minimum atomic E-state index is -0.0817. The molecule has 0 radical (unpaired) electrons. The maximum Gasteiger partial charge on any atom is 0.261 e. The maximum atomic E-state index is 13.0. The van der Waals surface area contributed by atoms with Gasteiger partial charge in [0.05, 0.1) is 4.88 Å². The van der Waals surface area contributed by atoms with Gasteiger partial charge in [-0.05, 0) is 54.5 Å². The number of likely N-dealkylation sites (tertiary alicyclic amines) is 1. The fourth-order valence-corrected chi connectivity index (χ4v) is 4.86. The van der Waals surface area contributed by atoms with Gasteiger partial charge in [0.25, 0.3) is 11.8 Å². The van der Waals surface area contributed by atoms with Crippen molar-refractivity contribution in [1.29, 1.82) is 0 Å². The molecular formula is C21H22N2O2S. The van der Waals surface area contributed by atoms with Crippen LogP contribution in [0.1, 0.15) is 32.9 Å². The first-order valence-electron chi connectivity index (χ1n) is 9.02. The van der Waals surface area contributed by atoms with Crippen molar-refractivity contribution in [2.45, 2.75) is 12.8 Å². The molecule has 0 unspecified atom stereocenters. The van der Waals surface area contributed by atoms with Gasteiger partial charge in [-0.15, -0.1) is 11.3 Å². The van der Waals surface area contributed by atoms with E-state index in [4.69, 9.17) is 0 Å². The van der Waals surface area contributed by atoms with Gasteiger partial charge >= 0.3 is 0 Å². The summed E-state index contributed by atoms with van der Waals surface area (Å²) in [6.07, 6.45) is 6.67. The van der Waals surface area contributed by atoms with Crippen LogP contribution in [-0.4, -0.2) is 36.9 Å². The molecule has 1 fully saturated rings. The Balaban J connectivity index is 1.53. The average Bonchev–Trinajstić information content (AvgIpc) is 3.34. The van der Waals surface area contributed by atoms with E-state index >= 15 is 0 Å². The number of carbonyl (C=O) groups excluding carboxylic acids is 2. The van der Waals surface area contributed by atoms with Gasteiger partial charge < -0.3 is 10.2 Å². The molecule has 5 heteroatoms. The zero-order chi connectivity index (χ0) is 18.1. The Morgan fingerprint density at radius 2 is 1.81 bits per heavy atom. The highest BCUT2D eigenvalue weighted by molar-refractivity contribution is 7.17. The summed E-state index contributed by atoms with van der Waals surface area (Å²) in [7, 11) is 1.63. The average molecular weight is 366 g/mol. The lowest BCUT2D eigenvalue weighted by Crippen LogP contribution is -2.29. The molecule has 0 bridgehead atoms. The Bertz CT molecular complexity index is 854. The highest BCUT2D eigenvalue weighted by Gasteiger charge is 2.35. The summed E-state index contributed by atoms with van der Waals surface area (Å²) in [4.78, 5) is 28.4. The predicted molar refractivity (Wildman–Crippen MR) is 104 cm³/mol. The summed E-state index contributed by atoms with van der Waals surface area (Å²) in [6, 6.07) is 11.5. The molecule has 2 aromatic rings. The Hall–Kier alpha value is -2.40. The Morgan fingerprint density at radius 1 is 1.08 bits per heavy atom. The number of hydrogen-bond donors (Lipinski definition) is 1. The lowest BCUT2D eigenvalue weighted by molar-refractivity contribution is 0.0784. The van der Waals surface area contributed by atoms with Crippen LogP contribution >= 0.6 is 11.3 Å². The highest BCUT2D eigenvalue weighted by atomic mass is 32.1. The zero-order valence-corrected chi connectivity index (χ0v) is 15.6. The second kappa shape index (κ2) is 7.08. The Kier molecular flexibility index (Phi) is 4.64. The molecule has 4 nitrogen and oxygen atoms in total. The largest absolute Gasteiger partial charge is 0.354 e. The topological polar surface area (TPSA) is 49.4 Å². The summed E-state index contributed by atoms with van der Waals surface area (Å²) in [5, 5.41) is 2.64. The van der Waals surface area contributed by atoms with E-state index in [9.17, 15) is 9.59 Å². The molecule has 134 valence electrons. The fourth-order valence-electron chi connectivity index (χ4n) is 3.91. The fraction of sp³-hybridized carbons (Fsp3) is 0.333. The molecule has 1 aliphatic carbocycles. The molecule has 1 saturated heterocycles. The van der Waals surface area contributed by atoms with E-state index in [0.29, 0.717) is 16.7 Å². The lowest BCUT2D eigenvalue weighted by Gasteiger charge is -2.17. The highest BCUT2D eigenvalue weighted by Crippen LogP contribution is 2.34. The molecule has 0 spiro atoms. The van der Waals surface area contributed by atoms with E-state index in [1.807, 2.05) is 41.3 Å². The van der Waals surface area contributed by atoms with Crippen molar-refractivity contribution in [1.82, 2.24) is 10.2 Å². The van der Waals surface area contributed by atoms with Gasteiger partial charge in [0, 0.05) is 30.6 Å². The number of thiophene rings is 1. The van der Waals surface area contributed by atoms with E-state index in [2.05, 4.69) is 17.5 Å². The first kappa shape index (κ1) is 17.0. The van der Waals surface area contributed by atoms with Crippen LogP contribution in [0.25, 0.3) is 10.4 Å². The number of carbonyl (C=O) groups is 2. The third-order valence-electron chi connectivity index (χ3n) is 5.36. The molecule has 26 heavy (non-hydrogen) atoms. The number of benzene rings is 1. The molecular weight excluding hydrogens is 344 g/mol. The minimum Gasteiger partial charge on any atom is -0.354 e. The third-order valence-corrected chi connectivity index (χ3v) is 6.49. The van der Waals surface area contributed by atoms with Crippen molar-refractivity contribution < 1.29 is 9.59 Å². The second-order valence-electron chi connectivity index (χ2n) is 7.00. The van der Waals surface area contributed by atoms with Gasteiger partial charge in [0.2, 0.25) is 0 Å². The molecule has 4 rings (SSSR count). The van der Waals surface area contributed by atoms with Crippen LogP contribution < -0.4 is 5.32 Å². The number of nitrogens with one attached hydrogen (secondary N) is 1. The smallest absolute Gasteiger partial charge is 0.261 e. The van der Waals surface area contributed by atoms with Crippen LogP contribution in [-0.2, 0) is 0 Å². The SMILES string of the molecule is CNC(=O)c1ccc(-c2cccc(C(=O)N3C[C@H]4CC=CC[C@H]4C3)c2)s1. The van der Waals surface area contributed by atoms with Crippen LogP contribution in [0.5, 0.6) is 0 Å². The van der Waals surface area contributed by atoms with Crippen LogP contribution in [0.3, 0.4) is 0 Å². The van der Waals surface area contributed by atoms with E-state index < -0.39 is 0 Å². The summed E-state index contributed by atoms with van der Waals surface area (Å²) < 4.78 is 0. The maximum absolute atomic E-state index is 13.0. The molecule has 2 aliphatic rings. The first-order chi connectivity index (χ1) is 12.7. The van der Waals surface area contributed by atoms with Crippen molar-refractivity contribution >= 4 is 23.2 Å². The number of nitrogens with zero attached hydrogens (tertiary/aromatic N) is 1. The second-order valence-corrected chi connectivity index (χ2v) is 8.08. The number of rotatable bonds is 3. The van der Waals surface area contributed by atoms with Crippen molar-refractivity contribution in [3.63, 3.8) is 0 Å². The monoisotopic (exact) mass is 366 g/mol. The van der Waals surface area contributed by atoms with Gasteiger partial charge in [-0.1, -0.05) is 24.3 Å². The van der Waals surface area contributed by atoms with Gasteiger partial charge in [-0.25, -0.2) is 0 Å². The summed E-state index contributed by atoms with van der Waals surface area (Å²) in [5.41, 5.74) is 1.71. The van der Waals surface area contributed by atoms with Crippen LogP contribution in [0, 0.1) is 11.8 Å². The molecule has 2 amide bonds. The number of hydrogen-bond acceptors (Lipinski definition) is 3. The Labute approximate surface area is 157 Å². The predicted octanol–water partition coefficient (Wildman–Crippen LogP) is 3.81. The van der Waals surface area contributed by atoms with Gasteiger partial charge in [0.15, 0.2) is 0 Å². The van der Waals surface area contributed by atoms with Crippen molar-refractivity contribution in [2.75, 3.05) is 20.1 Å². The number of fused-ring (bicyclic) bond motifs is 1. The molecule has 1 aromatic heterocycles. The molecule has 2 heterocycles. The van der Waals surface area contributed by atoms with Gasteiger partial charge in [-0.2, -0.15) is 0 Å². The molecule has 1 aliphatic heterocycles. The molecule has 0 saturated carbocycles. The van der Waals surface area contributed by atoms with Gasteiger partial charge in [-0.3, -0.25) is 9.59 Å². The standard InChI is InChI=1S/C21H22N2O2S/c1-22-20(24)19-10-9-18(26-19)14-7-4-8-15(11-14)21(25)23-12-16-5-2-3-6-17(16)13-23/h2-4,7-11,16-17H,5-6,12-13H2,1H3,(H,22,24)/t16-,17+. The van der Waals surface area contributed by atoms with Crippen LogP contribution in [0.15, 0.2) is 48.6 Å². The number of amides is 2. The van der Waals surface area contributed by atoms with Crippen molar-refractivity contribution in [2.24, 2.45) is 11.8 Å². The third kappa shape index (κ3) is 3.19.